The molecular formula is C36H40ClF4NO. The molecule has 0 aliphatic carbocycles. The molecule has 7 heteroatoms. The van der Waals surface area contributed by atoms with Crippen molar-refractivity contribution in [2.24, 2.45) is 11.3 Å². The van der Waals surface area contributed by atoms with Crippen molar-refractivity contribution in [1.29, 1.82) is 0 Å². The van der Waals surface area contributed by atoms with Crippen molar-refractivity contribution < 1.29 is 22.4 Å². The van der Waals surface area contributed by atoms with Gasteiger partial charge in [-0.05, 0) is 105 Å². The SMILES string of the molecule is C/C(F)=C(F)\C=C/C(C)CCC1(Cc2ccc(F)c(F)c2)CCC(c2ccc(Cl)cc2)N(c2ccc(C)cc2)C1=O.CC. The molecule has 1 amide bonds. The van der Waals surface area contributed by atoms with E-state index in [4.69, 9.17) is 11.6 Å². The molecular weight excluding hydrogens is 574 g/mol. The van der Waals surface area contributed by atoms with Gasteiger partial charge in [-0.25, -0.2) is 17.6 Å². The zero-order chi connectivity index (χ0) is 31.7. The van der Waals surface area contributed by atoms with Gasteiger partial charge >= 0.3 is 0 Å². The third-order valence-corrected chi connectivity index (χ3v) is 8.20. The number of hydrogen-bond acceptors (Lipinski definition) is 1. The zero-order valence-corrected chi connectivity index (χ0v) is 26.2. The van der Waals surface area contributed by atoms with E-state index in [2.05, 4.69) is 0 Å². The third kappa shape index (κ3) is 8.60. The zero-order valence-electron chi connectivity index (χ0n) is 25.4. The Bertz CT molecular complexity index is 1430. The molecule has 1 saturated heterocycles. The van der Waals surface area contributed by atoms with Crippen molar-refractivity contribution in [1.82, 2.24) is 0 Å². The van der Waals surface area contributed by atoms with Gasteiger partial charge in [0.1, 0.15) is 5.83 Å². The fourth-order valence-corrected chi connectivity index (χ4v) is 5.66. The van der Waals surface area contributed by atoms with Gasteiger partial charge in [-0.3, -0.25) is 4.79 Å². The van der Waals surface area contributed by atoms with E-state index in [1.807, 2.05) is 69.0 Å². The first-order valence-corrected chi connectivity index (χ1v) is 15.2. The van der Waals surface area contributed by atoms with Crippen molar-refractivity contribution >= 4 is 23.2 Å². The number of carbonyl (C=O) groups excluding carboxylic acids is 1. The summed E-state index contributed by atoms with van der Waals surface area (Å²) in [7, 11) is 0. The van der Waals surface area contributed by atoms with E-state index in [1.165, 1.54) is 6.07 Å². The Hall–Kier alpha value is -3.38. The van der Waals surface area contributed by atoms with Crippen LogP contribution < -0.4 is 4.90 Å². The van der Waals surface area contributed by atoms with Crippen LogP contribution in [0.3, 0.4) is 0 Å². The monoisotopic (exact) mass is 613 g/mol. The summed E-state index contributed by atoms with van der Waals surface area (Å²) in [6.45, 7) is 8.91. The van der Waals surface area contributed by atoms with Crippen LogP contribution in [-0.2, 0) is 11.2 Å². The quantitative estimate of drug-likeness (QED) is 0.174. The highest BCUT2D eigenvalue weighted by atomic mass is 35.5. The highest BCUT2D eigenvalue weighted by molar-refractivity contribution is 6.30. The molecule has 0 bridgehead atoms. The van der Waals surface area contributed by atoms with Gasteiger partial charge in [-0.1, -0.05) is 74.3 Å². The number of allylic oxidation sites excluding steroid dienone is 4. The summed E-state index contributed by atoms with van der Waals surface area (Å²) in [5.74, 6) is -4.00. The summed E-state index contributed by atoms with van der Waals surface area (Å²) < 4.78 is 55.0. The Morgan fingerprint density at radius 3 is 2.28 bits per heavy atom. The maximum Gasteiger partial charge on any atom is 0.234 e. The molecule has 0 aromatic heterocycles. The molecule has 3 atom stereocenters. The van der Waals surface area contributed by atoms with Gasteiger partial charge in [-0.15, -0.1) is 0 Å². The van der Waals surface area contributed by atoms with Crippen LogP contribution in [0.4, 0.5) is 23.2 Å². The van der Waals surface area contributed by atoms with E-state index < -0.39 is 28.7 Å². The average Bonchev–Trinajstić information content (AvgIpc) is 3.00. The minimum atomic E-state index is -0.963. The number of aryl methyl sites for hydroxylation is 1. The minimum absolute atomic E-state index is 0.112. The summed E-state index contributed by atoms with van der Waals surface area (Å²) in [5, 5.41) is 0.599. The second-order valence-electron chi connectivity index (χ2n) is 11.1. The van der Waals surface area contributed by atoms with Crippen molar-refractivity contribution in [3.63, 3.8) is 0 Å². The molecule has 1 fully saturated rings. The van der Waals surface area contributed by atoms with E-state index >= 15 is 0 Å². The molecule has 1 aliphatic heterocycles. The Morgan fingerprint density at radius 1 is 1.02 bits per heavy atom. The standard InChI is InChI=1S/C34H34ClF4NO.C2H6/c1-22-4-12-28(13-5-22)40-32(26-8-10-27(35)11-9-26)17-19-34(33(40)41,21-25-7-15-30(38)31(39)20-25)18-16-23(2)6-14-29(37)24(3)36;1-2/h4-15,20,23,32H,16-19,21H2,1-3H3;1-2H3/b14-6-,29-24-;. The number of carbonyl (C=O) groups is 1. The van der Waals surface area contributed by atoms with Gasteiger partial charge in [0.05, 0.1) is 11.5 Å². The highest BCUT2D eigenvalue weighted by Crippen LogP contribution is 2.48. The smallest absolute Gasteiger partial charge is 0.234 e. The number of benzene rings is 3. The highest BCUT2D eigenvalue weighted by Gasteiger charge is 2.48. The first kappa shape index (κ1) is 34.1. The second kappa shape index (κ2) is 15.4. The molecule has 1 heterocycles. The second-order valence-corrected chi connectivity index (χ2v) is 11.5. The molecule has 3 aromatic rings. The van der Waals surface area contributed by atoms with Crippen molar-refractivity contribution in [3.05, 3.63) is 124 Å². The van der Waals surface area contributed by atoms with Crippen LogP contribution >= 0.6 is 11.6 Å². The van der Waals surface area contributed by atoms with Gasteiger partial charge in [0, 0.05) is 10.7 Å². The third-order valence-electron chi connectivity index (χ3n) is 7.95. The largest absolute Gasteiger partial charge is 0.304 e. The summed E-state index contributed by atoms with van der Waals surface area (Å²) in [4.78, 5) is 16.5. The summed E-state index contributed by atoms with van der Waals surface area (Å²) in [6, 6.07) is 18.7. The molecule has 0 radical (unpaired) electrons. The van der Waals surface area contributed by atoms with Crippen molar-refractivity contribution in [2.75, 3.05) is 4.90 Å². The molecule has 230 valence electrons. The van der Waals surface area contributed by atoms with E-state index in [0.29, 0.717) is 36.3 Å². The summed E-state index contributed by atoms with van der Waals surface area (Å²) >= 11 is 6.15. The molecule has 2 nitrogen and oxygen atoms in total. The van der Waals surface area contributed by atoms with Crippen LogP contribution in [0.15, 0.2) is 90.5 Å². The Labute approximate surface area is 258 Å². The molecule has 0 spiro atoms. The fraction of sp³-hybridized carbons (Fsp3) is 0.361. The number of nitrogens with zero attached hydrogens (tertiary/aromatic N) is 1. The minimum Gasteiger partial charge on any atom is -0.304 e. The Morgan fingerprint density at radius 2 is 1.67 bits per heavy atom. The van der Waals surface area contributed by atoms with Gasteiger partial charge in [-0.2, -0.15) is 0 Å². The van der Waals surface area contributed by atoms with E-state index in [9.17, 15) is 22.4 Å². The topological polar surface area (TPSA) is 20.3 Å². The lowest BCUT2D eigenvalue weighted by Crippen LogP contribution is -2.51. The maximum absolute atomic E-state index is 14.7. The predicted octanol–water partition coefficient (Wildman–Crippen LogP) is 11.2. The van der Waals surface area contributed by atoms with Crippen LogP contribution in [0.1, 0.15) is 76.1 Å². The van der Waals surface area contributed by atoms with Crippen LogP contribution in [0.25, 0.3) is 0 Å². The predicted molar refractivity (Wildman–Crippen MR) is 168 cm³/mol. The Kier molecular flexibility index (Phi) is 12.2. The van der Waals surface area contributed by atoms with Crippen LogP contribution in [0.5, 0.6) is 0 Å². The summed E-state index contributed by atoms with van der Waals surface area (Å²) in [5.41, 5.74) is 2.35. The molecule has 3 unspecified atom stereocenters. The fourth-order valence-electron chi connectivity index (χ4n) is 5.54. The van der Waals surface area contributed by atoms with E-state index in [0.717, 1.165) is 41.9 Å². The lowest BCUT2D eigenvalue weighted by molar-refractivity contribution is -0.132. The normalized spacial score (nSPS) is 20.0. The number of hydrogen-bond donors (Lipinski definition) is 0. The van der Waals surface area contributed by atoms with Crippen LogP contribution in [0, 0.1) is 29.9 Å². The average molecular weight is 614 g/mol. The number of anilines is 1. The van der Waals surface area contributed by atoms with Crippen molar-refractivity contribution in [3.8, 4) is 0 Å². The molecule has 0 N–H and O–H groups in total. The maximum atomic E-state index is 14.7. The van der Waals surface area contributed by atoms with Gasteiger partial charge in [0.25, 0.3) is 0 Å². The molecule has 0 saturated carbocycles. The van der Waals surface area contributed by atoms with E-state index in [-0.39, 0.29) is 24.3 Å². The number of rotatable bonds is 9. The van der Waals surface area contributed by atoms with Gasteiger partial charge in [0.2, 0.25) is 5.91 Å². The molecule has 4 rings (SSSR count). The summed E-state index contributed by atoms with van der Waals surface area (Å²) in [6.07, 6.45) is 4.99. The molecule has 1 aliphatic rings. The lowest BCUT2D eigenvalue weighted by Gasteiger charge is -2.47. The van der Waals surface area contributed by atoms with Crippen molar-refractivity contribution in [2.45, 2.75) is 72.8 Å². The number of amides is 1. The van der Waals surface area contributed by atoms with Gasteiger partial charge in [0.15, 0.2) is 17.5 Å². The molecule has 43 heavy (non-hydrogen) atoms. The number of halogens is 5. The molecule has 3 aromatic carbocycles. The first-order chi connectivity index (χ1) is 20.5. The van der Waals surface area contributed by atoms with E-state index in [1.54, 1.807) is 18.2 Å². The first-order valence-electron chi connectivity index (χ1n) is 14.8. The lowest BCUT2D eigenvalue weighted by atomic mass is 9.68. The van der Waals surface area contributed by atoms with Crippen LogP contribution in [0.2, 0.25) is 5.02 Å². The number of piperidine rings is 1. The van der Waals surface area contributed by atoms with Crippen LogP contribution in [-0.4, -0.2) is 5.91 Å². The Balaban J connectivity index is 0.00000248. The van der Waals surface area contributed by atoms with Gasteiger partial charge < -0.3 is 4.90 Å².